The van der Waals surface area contributed by atoms with Gasteiger partial charge in [-0.2, -0.15) is 13.2 Å². The number of anilines is 2. The molecular formula is C12H19F3N4. The molecule has 0 aliphatic heterocycles. The molecule has 0 bridgehead atoms. The summed E-state index contributed by atoms with van der Waals surface area (Å²) in [6.07, 6.45) is -2.49. The highest BCUT2D eigenvalue weighted by Crippen LogP contribution is 2.22. The topological polar surface area (TPSA) is 49.8 Å². The van der Waals surface area contributed by atoms with Gasteiger partial charge in [0.1, 0.15) is 18.0 Å². The quantitative estimate of drug-likeness (QED) is 0.750. The summed E-state index contributed by atoms with van der Waals surface area (Å²) in [4.78, 5) is 8.14. The lowest BCUT2D eigenvalue weighted by atomic mass is 10.2. The molecule has 0 amide bonds. The van der Waals surface area contributed by atoms with Gasteiger partial charge in [0.25, 0.3) is 0 Å². The molecule has 0 unspecified atom stereocenters. The van der Waals surface area contributed by atoms with E-state index in [-0.39, 0.29) is 13.0 Å². The molecule has 0 aromatic carbocycles. The Morgan fingerprint density at radius 3 is 2.21 bits per heavy atom. The van der Waals surface area contributed by atoms with Crippen molar-refractivity contribution in [2.45, 2.75) is 39.3 Å². The fourth-order valence-corrected chi connectivity index (χ4v) is 1.55. The average molecular weight is 276 g/mol. The van der Waals surface area contributed by atoms with Crippen LogP contribution in [0.3, 0.4) is 0 Å². The predicted octanol–water partition coefficient (Wildman–Crippen LogP) is 3.36. The van der Waals surface area contributed by atoms with Gasteiger partial charge < -0.3 is 10.6 Å². The fourth-order valence-electron chi connectivity index (χ4n) is 1.55. The molecule has 0 atom stereocenters. The van der Waals surface area contributed by atoms with Gasteiger partial charge in [0.2, 0.25) is 0 Å². The number of hydrogen-bond acceptors (Lipinski definition) is 4. The lowest BCUT2D eigenvalue weighted by Gasteiger charge is -2.12. The Labute approximate surface area is 110 Å². The highest BCUT2D eigenvalue weighted by Gasteiger charge is 2.25. The zero-order valence-corrected chi connectivity index (χ0v) is 11.1. The van der Waals surface area contributed by atoms with Crippen molar-refractivity contribution < 1.29 is 13.2 Å². The molecule has 1 heterocycles. The van der Waals surface area contributed by atoms with E-state index in [0.29, 0.717) is 5.82 Å². The number of nitrogens with one attached hydrogen (secondary N) is 2. The molecule has 0 saturated carbocycles. The van der Waals surface area contributed by atoms with E-state index in [4.69, 9.17) is 0 Å². The van der Waals surface area contributed by atoms with E-state index in [0.717, 1.165) is 24.3 Å². The summed E-state index contributed by atoms with van der Waals surface area (Å²) in [6, 6.07) is 0. The van der Waals surface area contributed by atoms with Crippen molar-refractivity contribution in [3.05, 3.63) is 11.9 Å². The normalized spacial score (nSPS) is 11.4. The van der Waals surface area contributed by atoms with Crippen molar-refractivity contribution in [2.75, 3.05) is 23.7 Å². The molecule has 1 aromatic heterocycles. The first-order valence-corrected chi connectivity index (χ1v) is 6.30. The van der Waals surface area contributed by atoms with E-state index in [1.54, 1.807) is 0 Å². The summed E-state index contributed by atoms with van der Waals surface area (Å²) in [5.41, 5.74) is 0.822. The van der Waals surface area contributed by atoms with Crippen LogP contribution >= 0.6 is 0 Å². The first-order chi connectivity index (χ1) is 8.94. The van der Waals surface area contributed by atoms with Crippen molar-refractivity contribution in [3.63, 3.8) is 0 Å². The van der Waals surface area contributed by atoms with Gasteiger partial charge in [-0.15, -0.1) is 0 Å². The minimum Gasteiger partial charge on any atom is -0.370 e. The molecule has 0 fully saturated rings. The third-order valence-corrected chi connectivity index (χ3v) is 2.56. The van der Waals surface area contributed by atoms with Crippen LogP contribution in [0.4, 0.5) is 24.8 Å². The molecule has 1 rings (SSSR count). The summed E-state index contributed by atoms with van der Waals surface area (Å²) >= 11 is 0. The third kappa shape index (κ3) is 5.76. The third-order valence-electron chi connectivity index (χ3n) is 2.56. The van der Waals surface area contributed by atoms with Gasteiger partial charge in [-0.25, -0.2) is 9.97 Å². The maximum absolute atomic E-state index is 12.0. The van der Waals surface area contributed by atoms with E-state index < -0.39 is 12.6 Å². The largest absolute Gasteiger partial charge is 0.389 e. The second-order valence-corrected chi connectivity index (χ2v) is 4.27. The van der Waals surface area contributed by atoms with Gasteiger partial charge >= 0.3 is 6.18 Å². The molecule has 0 radical (unpaired) electrons. The molecule has 0 spiro atoms. The standard InChI is InChI=1S/C12H19F3N4/c1-3-6-16-10-9(2)11(19-8-18-10)17-7-4-5-12(13,14)15/h8H,3-7H2,1-2H3,(H2,16,17,18,19). The maximum atomic E-state index is 12.0. The van der Waals surface area contributed by atoms with Crippen LogP contribution in [-0.2, 0) is 0 Å². The molecular weight excluding hydrogens is 257 g/mol. The van der Waals surface area contributed by atoms with Crippen LogP contribution in [0.25, 0.3) is 0 Å². The zero-order chi connectivity index (χ0) is 14.3. The summed E-state index contributed by atoms with van der Waals surface area (Å²) in [5, 5.41) is 6.06. The second-order valence-electron chi connectivity index (χ2n) is 4.27. The van der Waals surface area contributed by atoms with Crippen LogP contribution in [0.5, 0.6) is 0 Å². The van der Waals surface area contributed by atoms with E-state index in [1.807, 2.05) is 13.8 Å². The Kier molecular flexibility index (Phi) is 5.85. The van der Waals surface area contributed by atoms with Crippen LogP contribution in [0.2, 0.25) is 0 Å². The second kappa shape index (κ2) is 7.16. The summed E-state index contributed by atoms with van der Waals surface area (Å²) in [6.45, 7) is 4.92. The minimum absolute atomic E-state index is 0.0324. The maximum Gasteiger partial charge on any atom is 0.389 e. The van der Waals surface area contributed by atoms with Gasteiger partial charge in [0.15, 0.2) is 0 Å². The van der Waals surface area contributed by atoms with Gasteiger partial charge in [-0.05, 0) is 19.8 Å². The van der Waals surface area contributed by atoms with Crippen LogP contribution < -0.4 is 10.6 Å². The molecule has 19 heavy (non-hydrogen) atoms. The SMILES string of the molecule is CCCNc1ncnc(NCCCC(F)(F)F)c1C. The number of rotatable bonds is 7. The smallest absolute Gasteiger partial charge is 0.370 e. The molecule has 0 saturated heterocycles. The Bertz CT molecular complexity index is 393. The van der Waals surface area contributed by atoms with E-state index in [2.05, 4.69) is 20.6 Å². The van der Waals surface area contributed by atoms with Crippen molar-refractivity contribution in [1.29, 1.82) is 0 Å². The summed E-state index contributed by atoms with van der Waals surface area (Å²) in [5.74, 6) is 1.30. The number of aromatic nitrogens is 2. The van der Waals surface area contributed by atoms with Crippen molar-refractivity contribution in [2.24, 2.45) is 0 Å². The van der Waals surface area contributed by atoms with Crippen LogP contribution in [0.1, 0.15) is 31.7 Å². The Morgan fingerprint density at radius 2 is 1.68 bits per heavy atom. The number of halogens is 3. The molecule has 1 aromatic rings. The van der Waals surface area contributed by atoms with Crippen LogP contribution in [0, 0.1) is 6.92 Å². The van der Waals surface area contributed by atoms with Crippen molar-refractivity contribution in [1.82, 2.24) is 9.97 Å². The Morgan fingerprint density at radius 1 is 1.11 bits per heavy atom. The Balaban J connectivity index is 2.49. The molecule has 108 valence electrons. The minimum atomic E-state index is -4.10. The lowest BCUT2D eigenvalue weighted by Crippen LogP contribution is -2.13. The van der Waals surface area contributed by atoms with Crippen LogP contribution in [0.15, 0.2) is 6.33 Å². The molecule has 0 aliphatic rings. The molecule has 7 heteroatoms. The first kappa shape index (κ1) is 15.5. The summed E-state index contributed by atoms with van der Waals surface area (Å²) < 4.78 is 36.0. The fraction of sp³-hybridized carbons (Fsp3) is 0.667. The lowest BCUT2D eigenvalue weighted by molar-refractivity contribution is -0.134. The van der Waals surface area contributed by atoms with Crippen molar-refractivity contribution >= 4 is 11.6 Å². The summed E-state index contributed by atoms with van der Waals surface area (Å²) in [7, 11) is 0. The van der Waals surface area contributed by atoms with E-state index >= 15 is 0 Å². The van der Waals surface area contributed by atoms with Gasteiger partial charge in [0, 0.05) is 25.1 Å². The number of alkyl halides is 3. The zero-order valence-electron chi connectivity index (χ0n) is 11.1. The first-order valence-electron chi connectivity index (χ1n) is 6.30. The highest BCUT2D eigenvalue weighted by molar-refractivity contribution is 5.56. The highest BCUT2D eigenvalue weighted by atomic mass is 19.4. The van der Waals surface area contributed by atoms with Gasteiger partial charge in [-0.1, -0.05) is 6.92 Å². The molecule has 4 nitrogen and oxygen atoms in total. The number of hydrogen-bond donors (Lipinski definition) is 2. The molecule has 0 aliphatic carbocycles. The molecule has 2 N–H and O–H groups in total. The number of nitrogens with zero attached hydrogens (tertiary/aromatic N) is 2. The van der Waals surface area contributed by atoms with Crippen LogP contribution in [-0.4, -0.2) is 29.2 Å². The van der Waals surface area contributed by atoms with Gasteiger partial charge in [0.05, 0.1) is 0 Å². The monoisotopic (exact) mass is 276 g/mol. The van der Waals surface area contributed by atoms with Crippen molar-refractivity contribution in [3.8, 4) is 0 Å². The Hall–Kier alpha value is -1.53. The average Bonchev–Trinajstić information content (AvgIpc) is 2.33. The van der Waals surface area contributed by atoms with E-state index in [1.165, 1.54) is 6.33 Å². The van der Waals surface area contributed by atoms with E-state index in [9.17, 15) is 13.2 Å². The predicted molar refractivity (Wildman–Crippen MR) is 69.3 cm³/mol. The van der Waals surface area contributed by atoms with Gasteiger partial charge in [-0.3, -0.25) is 0 Å².